The number of nitriles is 1. The van der Waals surface area contributed by atoms with E-state index in [1.165, 1.54) is 0 Å². The van der Waals surface area contributed by atoms with Crippen molar-refractivity contribution < 1.29 is 25.2 Å². The molecule has 0 spiro atoms. The fraction of sp³-hybridized carbons (Fsp3) is 0.200. The monoisotopic (exact) mass is 554 g/mol. The third-order valence-corrected chi connectivity index (χ3v) is 7.60. The van der Waals surface area contributed by atoms with Crippen LogP contribution in [0.15, 0.2) is 106 Å². The first-order chi connectivity index (χ1) is 19.5. The smallest absolute Gasteiger partial charge is 0.138 e. The summed E-state index contributed by atoms with van der Waals surface area (Å²) in [6, 6.07) is 30.1. The zero-order valence-electron chi connectivity index (χ0n) is 21.1. The third kappa shape index (κ3) is 5.66. The molecule has 9 nitrogen and oxygen atoms in total. The molecule has 10 heteroatoms. The van der Waals surface area contributed by atoms with E-state index in [9.17, 15) is 25.7 Å². The first-order valence-corrected chi connectivity index (χ1v) is 13.4. The van der Waals surface area contributed by atoms with Gasteiger partial charge in [0.2, 0.25) is 0 Å². The molecule has 1 aliphatic rings. The van der Waals surface area contributed by atoms with Gasteiger partial charge in [-0.3, -0.25) is 0 Å². The first-order valence-electron chi connectivity index (χ1n) is 12.5. The van der Waals surface area contributed by atoms with Crippen LogP contribution in [0.2, 0.25) is 0 Å². The molecule has 4 N–H and O–H groups in total. The largest absolute Gasteiger partial charge is 0.394 e. The molecule has 0 unspecified atom stereocenters. The highest BCUT2D eigenvalue weighted by molar-refractivity contribution is 7.99. The number of aromatic nitrogens is 1. The van der Waals surface area contributed by atoms with Gasteiger partial charge < -0.3 is 25.2 Å². The number of ether oxygens (including phenoxy) is 1. The summed E-state index contributed by atoms with van der Waals surface area (Å²) in [7, 11) is 0. The third-order valence-electron chi connectivity index (χ3n) is 6.46. The summed E-state index contributed by atoms with van der Waals surface area (Å²) in [6.07, 6.45) is -5.66. The van der Waals surface area contributed by atoms with E-state index < -0.39 is 36.5 Å². The second kappa shape index (κ2) is 12.5. The van der Waals surface area contributed by atoms with Gasteiger partial charge in [0.25, 0.3) is 0 Å². The van der Waals surface area contributed by atoms with Gasteiger partial charge in [0.15, 0.2) is 0 Å². The van der Waals surface area contributed by atoms with E-state index in [1.54, 1.807) is 0 Å². The molecule has 1 fully saturated rings. The number of pyridine rings is 1. The van der Waals surface area contributed by atoms with Crippen LogP contribution in [0.3, 0.4) is 0 Å². The van der Waals surface area contributed by atoms with Crippen molar-refractivity contribution in [2.75, 3.05) is 6.61 Å². The SMILES string of the molecule is N#Cc1c(S[C@@H]2O[C@H](CO)[C@H](O)[C@H](O)[C@H]2O)nc(-c2ccccc2)c(N=Nc2ccccc2)c1-c1ccccc1. The van der Waals surface area contributed by atoms with Crippen molar-refractivity contribution >= 4 is 23.1 Å². The van der Waals surface area contributed by atoms with Crippen molar-refractivity contribution in [3.8, 4) is 28.5 Å². The maximum Gasteiger partial charge on any atom is 0.138 e. The van der Waals surface area contributed by atoms with Crippen molar-refractivity contribution in [3.63, 3.8) is 0 Å². The molecule has 3 aromatic carbocycles. The van der Waals surface area contributed by atoms with E-state index in [2.05, 4.69) is 16.3 Å². The van der Waals surface area contributed by atoms with Gasteiger partial charge in [-0.05, 0) is 17.7 Å². The summed E-state index contributed by atoms with van der Waals surface area (Å²) in [5, 5.41) is 60.6. The van der Waals surface area contributed by atoms with E-state index in [0.29, 0.717) is 28.2 Å². The minimum atomic E-state index is -1.56. The zero-order valence-corrected chi connectivity index (χ0v) is 22.0. The van der Waals surface area contributed by atoms with E-state index >= 15 is 0 Å². The molecule has 1 saturated heterocycles. The average molecular weight is 555 g/mol. The molecule has 1 aromatic heterocycles. The van der Waals surface area contributed by atoms with Gasteiger partial charge in [-0.25, -0.2) is 4.98 Å². The lowest BCUT2D eigenvalue weighted by atomic mass is 9.96. The molecule has 0 saturated carbocycles. The fourth-order valence-electron chi connectivity index (χ4n) is 4.40. The highest BCUT2D eigenvalue weighted by Crippen LogP contribution is 2.45. The highest BCUT2D eigenvalue weighted by Gasteiger charge is 2.44. The van der Waals surface area contributed by atoms with Crippen LogP contribution < -0.4 is 0 Å². The maximum absolute atomic E-state index is 10.7. The summed E-state index contributed by atoms with van der Waals surface area (Å²) in [4.78, 5) is 4.82. The highest BCUT2D eigenvalue weighted by atomic mass is 32.2. The molecule has 5 atom stereocenters. The Balaban J connectivity index is 1.73. The van der Waals surface area contributed by atoms with Gasteiger partial charge in [-0.15, -0.1) is 5.11 Å². The van der Waals surface area contributed by atoms with Gasteiger partial charge in [0, 0.05) is 11.1 Å². The van der Waals surface area contributed by atoms with Gasteiger partial charge >= 0.3 is 0 Å². The molecule has 0 amide bonds. The van der Waals surface area contributed by atoms with Crippen molar-refractivity contribution in [3.05, 3.63) is 96.6 Å². The Kier molecular flexibility index (Phi) is 8.62. The number of azo groups is 1. The Morgan fingerprint density at radius 2 is 1.40 bits per heavy atom. The number of hydrogen-bond donors (Lipinski definition) is 4. The Hall–Kier alpha value is -3.95. The van der Waals surface area contributed by atoms with Gasteiger partial charge in [0.1, 0.15) is 46.6 Å². The van der Waals surface area contributed by atoms with Crippen LogP contribution in [0.4, 0.5) is 11.4 Å². The minimum Gasteiger partial charge on any atom is -0.394 e. The summed E-state index contributed by atoms with van der Waals surface area (Å²) in [5.41, 5.74) is 2.43. The molecule has 1 aliphatic heterocycles. The van der Waals surface area contributed by atoms with Crippen LogP contribution in [0.1, 0.15) is 5.56 Å². The second-order valence-electron chi connectivity index (χ2n) is 9.06. The van der Waals surface area contributed by atoms with E-state index in [4.69, 9.17) is 9.72 Å². The second-order valence-corrected chi connectivity index (χ2v) is 10.1. The van der Waals surface area contributed by atoms with E-state index in [0.717, 1.165) is 17.3 Å². The van der Waals surface area contributed by atoms with Crippen LogP contribution in [-0.2, 0) is 4.74 Å². The Bertz CT molecular complexity index is 1510. The van der Waals surface area contributed by atoms with Crippen LogP contribution >= 0.6 is 11.8 Å². The normalized spacial score (nSPS) is 22.7. The standard InChI is InChI=1S/C30H26N4O5S/c31-16-21-23(18-10-4-1-5-11-18)25(34-33-20-14-8-3-9-15-20)24(19-12-6-2-7-13-19)32-29(21)40-30-28(38)27(37)26(36)22(17-35)39-30/h1-15,22,26-28,30,35-38H,17H2/t22-,26+,27+,28-,30+/m1/s1. The molecular weight excluding hydrogens is 528 g/mol. The van der Waals surface area contributed by atoms with Crippen LogP contribution in [-0.4, -0.2) is 61.9 Å². The van der Waals surface area contributed by atoms with Crippen molar-refractivity contribution in [1.29, 1.82) is 5.26 Å². The maximum atomic E-state index is 10.7. The van der Waals surface area contributed by atoms with Gasteiger partial charge in [0.05, 0.1) is 23.6 Å². The lowest BCUT2D eigenvalue weighted by molar-refractivity contribution is -0.205. The minimum absolute atomic E-state index is 0.176. The Morgan fingerprint density at radius 3 is 2.00 bits per heavy atom. The lowest BCUT2D eigenvalue weighted by Gasteiger charge is -2.39. The first kappa shape index (κ1) is 27.6. The fourth-order valence-corrected chi connectivity index (χ4v) is 5.53. The summed E-state index contributed by atoms with van der Waals surface area (Å²) >= 11 is 0.929. The Morgan fingerprint density at radius 1 is 0.800 bits per heavy atom. The molecule has 2 heterocycles. The Labute approximate surface area is 235 Å². The summed E-state index contributed by atoms with van der Waals surface area (Å²) < 4.78 is 5.72. The summed E-state index contributed by atoms with van der Waals surface area (Å²) in [5.74, 6) is 0. The lowest BCUT2D eigenvalue weighted by Crippen LogP contribution is -2.57. The molecule has 4 aromatic rings. The van der Waals surface area contributed by atoms with E-state index in [1.807, 2.05) is 91.0 Å². The van der Waals surface area contributed by atoms with Crippen LogP contribution in [0.25, 0.3) is 22.4 Å². The number of nitrogens with zero attached hydrogens (tertiary/aromatic N) is 4. The number of thioether (sulfide) groups is 1. The van der Waals surface area contributed by atoms with Crippen molar-refractivity contribution in [1.82, 2.24) is 4.98 Å². The molecule has 5 rings (SSSR count). The number of hydrogen-bond acceptors (Lipinski definition) is 10. The molecule has 0 aliphatic carbocycles. The van der Waals surface area contributed by atoms with Crippen molar-refractivity contribution in [2.24, 2.45) is 10.2 Å². The number of aliphatic hydroxyl groups excluding tert-OH is 4. The van der Waals surface area contributed by atoms with Crippen molar-refractivity contribution in [2.45, 2.75) is 34.9 Å². The molecule has 0 bridgehead atoms. The predicted octanol–water partition coefficient (Wildman–Crippen LogP) is 4.59. The molecule has 0 radical (unpaired) electrons. The van der Waals surface area contributed by atoms with Crippen LogP contribution in [0.5, 0.6) is 0 Å². The molecule has 40 heavy (non-hydrogen) atoms. The number of aliphatic hydroxyl groups is 4. The summed E-state index contributed by atoms with van der Waals surface area (Å²) in [6.45, 7) is -0.566. The number of benzene rings is 3. The topological polar surface area (TPSA) is 152 Å². The quantitative estimate of drug-likeness (QED) is 0.242. The van der Waals surface area contributed by atoms with E-state index in [-0.39, 0.29) is 10.6 Å². The molecular formula is C30H26N4O5S. The van der Waals surface area contributed by atoms with Gasteiger partial charge in [-0.2, -0.15) is 10.4 Å². The zero-order chi connectivity index (χ0) is 28.1. The number of rotatable bonds is 7. The molecule has 202 valence electrons. The van der Waals surface area contributed by atoms with Crippen LogP contribution in [0, 0.1) is 11.3 Å². The average Bonchev–Trinajstić information content (AvgIpc) is 3.01. The predicted molar refractivity (Wildman–Crippen MR) is 150 cm³/mol. The van der Waals surface area contributed by atoms with Gasteiger partial charge in [-0.1, -0.05) is 90.6 Å².